The van der Waals surface area contributed by atoms with Gasteiger partial charge in [0.15, 0.2) is 0 Å². The molecule has 2 atom stereocenters. The van der Waals surface area contributed by atoms with Gasteiger partial charge in [-0.2, -0.15) is 0 Å². The first kappa shape index (κ1) is 13.5. The van der Waals surface area contributed by atoms with Crippen LogP contribution in [-0.4, -0.2) is 30.1 Å². The quantitative estimate of drug-likeness (QED) is 0.393. The summed E-state index contributed by atoms with van der Waals surface area (Å²) >= 11 is 0. The van der Waals surface area contributed by atoms with Crippen LogP contribution >= 0.6 is 0 Å². The molecular formula is C12H18N2O3. The summed E-state index contributed by atoms with van der Waals surface area (Å²) in [6.45, 7) is 8.47. The molecule has 1 unspecified atom stereocenters. The molecule has 5 nitrogen and oxygen atoms in total. The monoisotopic (exact) mass is 238 g/mol. The number of esters is 1. The van der Waals surface area contributed by atoms with Gasteiger partial charge in [-0.15, -0.1) is 0 Å². The summed E-state index contributed by atoms with van der Waals surface area (Å²) in [4.78, 5) is 18.6. The summed E-state index contributed by atoms with van der Waals surface area (Å²) in [6.07, 6.45) is 2.30. The maximum Gasteiger partial charge on any atom is 0.312 e. The third-order valence-corrected chi connectivity index (χ3v) is 2.52. The normalized spacial score (nSPS) is 19.2. The standard InChI is InChI=1S/C12H18N2O3/c1-4-5-10(13-3)11(17-8(2)15)12(16)14-9-6-7-9/h3,9-11H,4-7H2,1-2H3/t10-,11?/m0/s1. The van der Waals surface area contributed by atoms with Crippen LogP contribution in [0, 0.1) is 6.57 Å². The highest BCUT2D eigenvalue weighted by molar-refractivity contribution is 5.81. The van der Waals surface area contributed by atoms with Gasteiger partial charge in [0.1, 0.15) is 0 Å². The lowest BCUT2D eigenvalue weighted by molar-refractivity contribution is -0.231. The third-order valence-electron chi connectivity index (χ3n) is 2.52. The average Bonchev–Trinajstić information content (AvgIpc) is 3.06. The van der Waals surface area contributed by atoms with Crippen molar-refractivity contribution in [3.05, 3.63) is 4.85 Å². The molecule has 0 N–H and O–H groups in total. The van der Waals surface area contributed by atoms with Gasteiger partial charge in [0.25, 0.3) is 6.57 Å². The van der Waals surface area contributed by atoms with Crippen LogP contribution < -0.4 is 5.11 Å². The Morgan fingerprint density at radius 3 is 2.71 bits per heavy atom. The summed E-state index contributed by atoms with van der Waals surface area (Å²) in [7, 11) is 0. The molecule has 0 aromatic carbocycles. The zero-order valence-corrected chi connectivity index (χ0v) is 10.3. The van der Waals surface area contributed by atoms with E-state index in [-0.39, 0.29) is 6.04 Å². The predicted molar refractivity (Wildman–Crippen MR) is 63.0 cm³/mol. The molecule has 5 heteroatoms. The largest absolute Gasteiger partial charge is 0.859 e. The van der Waals surface area contributed by atoms with Crippen molar-refractivity contribution in [1.29, 1.82) is 0 Å². The van der Waals surface area contributed by atoms with Crippen molar-refractivity contribution in [1.82, 2.24) is 0 Å². The third kappa shape index (κ3) is 4.43. The Hall–Kier alpha value is -1.57. The maximum absolute atomic E-state index is 11.8. The van der Waals surface area contributed by atoms with Crippen LogP contribution in [0.15, 0.2) is 4.99 Å². The van der Waals surface area contributed by atoms with Crippen molar-refractivity contribution in [2.75, 3.05) is 0 Å². The van der Waals surface area contributed by atoms with E-state index in [1.807, 2.05) is 6.92 Å². The van der Waals surface area contributed by atoms with Gasteiger partial charge in [-0.1, -0.05) is 11.8 Å². The molecule has 0 saturated heterocycles. The molecule has 17 heavy (non-hydrogen) atoms. The number of carbonyl (C=O) groups excluding carboxylic acids is 1. The van der Waals surface area contributed by atoms with E-state index in [2.05, 4.69) is 9.84 Å². The minimum Gasteiger partial charge on any atom is -0.859 e. The Labute approximate surface area is 101 Å². The fourth-order valence-corrected chi connectivity index (χ4v) is 1.53. The molecule has 1 aliphatic rings. The summed E-state index contributed by atoms with van der Waals surface area (Å²) in [6, 6.07) is -0.403. The predicted octanol–water partition coefficient (Wildman–Crippen LogP) is 0.971. The number of hydrogen-bond donors (Lipinski definition) is 0. The highest BCUT2D eigenvalue weighted by atomic mass is 16.6. The van der Waals surface area contributed by atoms with E-state index >= 15 is 0 Å². The molecule has 0 radical (unpaired) electrons. The maximum atomic E-state index is 11.8. The van der Waals surface area contributed by atoms with E-state index < -0.39 is 24.0 Å². The molecule has 1 fully saturated rings. The molecule has 0 aliphatic heterocycles. The second-order valence-corrected chi connectivity index (χ2v) is 4.23. The number of ether oxygens (including phenoxy) is 1. The van der Waals surface area contributed by atoms with E-state index in [1.54, 1.807) is 0 Å². The SMILES string of the molecule is C#[N+][C@@H](CCC)C(OC(C)=O)C([O-])=NC1CC1. The summed E-state index contributed by atoms with van der Waals surface area (Å²) in [5, 5.41) is 11.8. The van der Waals surface area contributed by atoms with Crippen molar-refractivity contribution in [2.45, 2.75) is 57.7 Å². The lowest BCUT2D eigenvalue weighted by atomic mass is 10.1. The molecular weight excluding hydrogens is 220 g/mol. The molecule has 1 saturated carbocycles. The molecule has 94 valence electrons. The Bertz CT molecular complexity index is 342. The topological polar surface area (TPSA) is 66.1 Å². The van der Waals surface area contributed by atoms with Gasteiger partial charge < -0.3 is 9.84 Å². The minimum atomic E-state index is -0.960. The summed E-state index contributed by atoms with van der Waals surface area (Å²) < 4.78 is 4.99. The number of rotatable bonds is 6. The van der Waals surface area contributed by atoms with Crippen LogP contribution in [0.1, 0.15) is 39.5 Å². The van der Waals surface area contributed by atoms with Gasteiger partial charge in [0.05, 0.1) is 0 Å². The van der Waals surface area contributed by atoms with E-state index in [1.165, 1.54) is 6.92 Å². The van der Waals surface area contributed by atoms with Gasteiger partial charge in [-0.3, -0.25) is 9.79 Å². The lowest BCUT2D eigenvalue weighted by Gasteiger charge is -2.22. The van der Waals surface area contributed by atoms with E-state index in [0.29, 0.717) is 6.42 Å². The Morgan fingerprint density at radius 2 is 2.29 bits per heavy atom. The molecule has 1 rings (SSSR count). The molecule has 1 aliphatic carbocycles. The van der Waals surface area contributed by atoms with Crippen LogP contribution in [0.2, 0.25) is 0 Å². The molecule has 0 bridgehead atoms. The molecule has 0 aromatic heterocycles. The van der Waals surface area contributed by atoms with Crippen LogP contribution in [0.25, 0.3) is 4.85 Å². The zero-order valence-electron chi connectivity index (χ0n) is 10.3. The van der Waals surface area contributed by atoms with E-state index in [4.69, 9.17) is 11.3 Å². The van der Waals surface area contributed by atoms with Crippen molar-refractivity contribution in [3.63, 3.8) is 0 Å². The van der Waals surface area contributed by atoms with Crippen molar-refractivity contribution >= 4 is 11.9 Å². The number of nitrogens with zero attached hydrogens (tertiary/aromatic N) is 2. The molecule has 0 aromatic rings. The van der Waals surface area contributed by atoms with Crippen molar-refractivity contribution < 1.29 is 14.6 Å². The van der Waals surface area contributed by atoms with Crippen LogP contribution in [0.4, 0.5) is 0 Å². The van der Waals surface area contributed by atoms with Gasteiger partial charge in [-0.05, 0) is 19.3 Å². The minimum absolute atomic E-state index is 0.0978. The first-order valence-corrected chi connectivity index (χ1v) is 5.90. The van der Waals surface area contributed by atoms with Gasteiger partial charge in [0.2, 0.25) is 6.10 Å². The Kier molecular flexibility index (Phi) is 4.95. The highest BCUT2D eigenvalue weighted by Crippen LogP contribution is 2.24. The smallest absolute Gasteiger partial charge is 0.312 e. The van der Waals surface area contributed by atoms with E-state index in [9.17, 15) is 9.90 Å². The fourth-order valence-electron chi connectivity index (χ4n) is 1.53. The highest BCUT2D eigenvalue weighted by Gasteiger charge is 2.33. The molecule has 0 heterocycles. The first-order valence-electron chi connectivity index (χ1n) is 5.90. The number of aliphatic imine (C=N–C) groups is 1. The van der Waals surface area contributed by atoms with Crippen LogP contribution in [0.5, 0.6) is 0 Å². The van der Waals surface area contributed by atoms with Gasteiger partial charge in [-0.25, -0.2) is 0 Å². The van der Waals surface area contributed by atoms with Crippen LogP contribution in [0.3, 0.4) is 0 Å². The van der Waals surface area contributed by atoms with Gasteiger partial charge in [0, 0.05) is 25.3 Å². The number of hydrogen-bond acceptors (Lipinski definition) is 4. The van der Waals surface area contributed by atoms with Crippen LogP contribution in [-0.2, 0) is 9.53 Å². The van der Waals surface area contributed by atoms with Crippen molar-refractivity contribution in [3.8, 4) is 6.57 Å². The second-order valence-electron chi connectivity index (χ2n) is 4.23. The molecule has 0 amide bonds. The fraction of sp³-hybridized carbons (Fsp3) is 0.750. The van der Waals surface area contributed by atoms with E-state index in [0.717, 1.165) is 19.3 Å². The average molecular weight is 238 g/mol. The van der Waals surface area contributed by atoms with Gasteiger partial charge >= 0.3 is 12.0 Å². The summed E-state index contributed by atoms with van der Waals surface area (Å²) in [5.41, 5.74) is 0. The summed E-state index contributed by atoms with van der Waals surface area (Å²) in [5.74, 6) is -0.936. The Morgan fingerprint density at radius 1 is 1.65 bits per heavy atom. The second kappa shape index (κ2) is 6.24. The molecule has 0 spiro atoms. The number of carbonyl (C=O) groups is 1. The van der Waals surface area contributed by atoms with Crippen molar-refractivity contribution in [2.24, 2.45) is 4.99 Å². The lowest BCUT2D eigenvalue weighted by Crippen LogP contribution is -2.43. The first-order chi connectivity index (χ1) is 8.08. The zero-order chi connectivity index (χ0) is 12.8. The Balaban J connectivity index is 2.76.